The normalized spacial score (nSPS) is 12.4. The molecule has 3 nitrogen and oxygen atoms in total. The van der Waals surface area contributed by atoms with E-state index >= 15 is 0 Å². The lowest BCUT2D eigenvalue weighted by Gasteiger charge is -2.21. The summed E-state index contributed by atoms with van der Waals surface area (Å²) in [7, 11) is 3.33. The number of aryl methyl sites for hydroxylation is 2. The van der Waals surface area contributed by atoms with E-state index < -0.39 is 0 Å². The molecule has 0 radical (unpaired) electrons. The summed E-state index contributed by atoms with van der Waals surface area (Å²) in [6.45, 7) is 6.80. The van der Waals surface area contributed by atoms with Crippen LogP contribution >= 0.6 is 0 Å². The summed E-state index contributed by atoms with van der Waals surface area (Å²) in [6, 6.07) is 2.11. The second kappa shape index (κ2) is 5.21. The van der Waals surface area contributed by atoms with Crippen molar-refractivity contribution in [3.8, 4) is 11.5 Å². The van der Waals surface area contributed by atoms with Crippen LogP contribution in [0.3, 0.4) is 0 Å². The Bertz CT molecular complexity index is 375. The van der Waals surface area contributed by atoms with Crippen molar-refractivity contribution >= 4 is 0 Å². The van der Waals surface area contributed by atoms with Crippen molar-refractivity contribution < 1.29 is 9.47 Å². The van der Waals surface area contributed by atoms with Gasteiger partial charge in [0, 0.05) is 5.56 Å². The molecular weight excluding hydrogens is 202 g/mol. The summed E-state index contributed by atoms with van der Waals surface area (Å²) in [6.07, 6.45) is 0. The molecule has 1 atom stereocenters. The first-order chi connectivity index (χ1) is 7.56. The van der Waals surface area contributed by atoms with Crippen molar-refractivity contribution in [1.82, 2.24) is 0 Å². The average Bonchev–Trinajstić information content (AvgIpc) is 2.27. The lowest BCUT2D eigenvalue weighted by molar-refractivity contribution is 0.347. The monoisotopic (exact) mass is 223 g/mol. The van der Waals surface area contributed by atoms with Crippen molar-refractivity contribution in [3.05, 3.63) is 22.8 Å². The highest BCUT2D eigenvalue weighted by Gasteiger charge is 2.19. The zero-order valence-corrected chi connectivity index (χ0v) is 10.8. The van der Waals surface area contributed by atoms with Gasteiger partial charge in [-0.25, -0.2) is 0 Å². The standard InChI is InChI=1S/C13H21NO2/c1-8-6-9(2)12(15-4)13(16-5)11(8)10(3)7-14/h6,10H,7,14H2,1-5H3. The largest absolute Gasteiger partial charge is 0.493 e. The summed E-state index contributed by atoms with van der Waals surface area (Å²) in [4.78, 5) is 0. The van der Waals surface area contributed by atoms with Gasteiger partial charge in [0.1, 0.15) is 0 Å². The van der Waals surface area contributed by atoms with Crippen LogP contribution in [0.2, 0.25) is 0 Å². The molecule has 0 amide bonds. The Morgan fingerprint density at radius 1 is 1.12 bits per heavy atom. The van der Waals surface area contributed by atoms with E-state index in [1.54, 1.807) is 14.2 Å². The smallest absolute Gasteiger partial charge is 0.164 e. The Morgan fingerprint density at radius 2 is 1.69 bits per heavy atom. The zero-order chi connectivity index (χ0) is 12.3. The van der Waals surface area contributed by atoms with Crippen molar-refractivity contribution in [2.24, 2.45) is 5.73 Å². The van der Waals surface area contributed by atoms with Crippen LogP contribution in [0.1, 0.15) is 29.5 Å². The molecule has 0 saturated carbocycles. The topological polar surface area (TPSA) is 44.5 Å². The van der Waals surface area contributed by atoms with E-state index in [0.29, 0.717) is 6.54 Å². The van der Waals surface area contributed by atoms with E-state index in [9.17, 15) is 0 Å². The van der Waals surface area contributed by atoms with Gasteiger partial charge in [0.15, 0.2) is 11.5 Å². The second-order valence-electron chi connectivity index (χ2n) is 4.13. The lowest BCUT2D eigenvalue weighted by Crippen LogP contribution is -2.12. The Hall–Kier alpha value is -1.22. The van der Waals surface area contributed by atoms with Crippen LogP contribution in [0.4, 0.5) is 0 Å². The average molecular weight is 223 g/mol. The first-order valence-corrected chi connectivity index (χ1v) is 5.48. The van der Waals surface area contributed by atoms with Gasteiger partial charge < -0.3 is 15.2 Å². The van der Waals surface area contributed by atoms with Gasteiger partial charge in [-0.15, -0.1) is 0 Å². The summed E-state index contributed by atoms with van der Waals surface area (Å²) >= 11 is 0. The predicted octanol–water partition coefficient (Wildman–Crippen LogP) is 2.38. The third-order valence-electron chi connectivity index (χ3n) is 2.92. The summed E-state index contributed by atoms with van der Waals surface area (Å²) in [5.41, 5.74) is 9.17. The number of hydrogen-bond acceptors (Lipinski definition) is 3. The van der Waals surface area contributed by atoms with Crippen LogP contribution < -0.4 is 15.2 Å². The van der Waals surface area contributed by atoms with Crippen molar-refractivity contribution in [2.75, 3.05) is 20.8 Å². The van der Waals surface area contributed by atoms with Gasteiger partial charge in [0.25, 0.3) is 0 Å². The molecule has 0 aliphatic heterocycles. The van der Waals surface area contributed by atoms with Gasteiger partial charge in [-0.3, -0.25) is 0 Å². The van der Waals surface area contributed by atoms with Crippen molar-refractivity contribution in [3.63, 3.8) is 0 Å². The molecule has 1 aromatic carbocycles. The molecule has 1 rings (SSSR count). The van der Waals surface area contributed by atoms with E-state index in [1.165, 1.54) is 5.56 Å². The van der Waals surface area contributed by atoms with Crippen LogP contribution in [-0.2, 0) is 0 Å². The van der Waals surface area contributed by atoms with Gasteiger partial charge in [-0.1, -0.05) is 13.0 Å². The molecule has 16 heavy (non-hydrogen) atoms. The molecule has 0 aliphatic carbocycles. The second-order valence-corrected chi connectivity index (χ2v) is 4.13. The molecule has 0 heterocycles. The Morgan fingerprint density at radius 3 is 2.12 bits per heavy atom. The molecule has 3 heteroatoms. The number of rotatable bonds is 4. The van der Waals surface area contributed by atoms with Crippen molar-refractivity contribution in [1.29, 1.82) is 0 Å². The highest BCUT2D eigenvalue weighted by molar-refractivity contribution is 5.56. The molecule has 1 aromatic rings. The maximum Gasteiger partial charge on any atom is 0.164 e. The van der Waals surface area contributed by atoms with Gasteiger partial charge in [-0.05, 0) is 37.4 Å². The minimum absolute atomic E-state index is 0.268. The summed E-state index contributed by atoms with van der Waals surface area (Å²) in [5.74, 6) is 1.89. The predicted molar refractivity (Wildman–Crippen MR) is 66.5 cm³/mol. The fraction of sp³-hybridized carbons (Fsp3) is 0.538. The van der Waals surface area contributed by atoms with E-state index in [-0.39, 0.29) is 5.92 Å². The summed E-state index contributed by atoms with van der Waals surface area (Å²) in [5, 5.41) is 0. The third-order valence-corrected chi connectivity index (χ3v) is 2.92. The first kappa shape index (κ1) is 12.8. The number of methoxy groups -OCH3 is 2. The van der Waals surface area contributed by atoms with E-state index in [4.69, 9.17) is 15.2 Å². The van der Waals surface area contributed by atoms with Gasteiger partial charge in [-0.2, -0.15) is 0 Å². The maximum absolute atomic E-state index is 5.73. The minimum atomic E-state index is 0.268. The molecule has 0 fully saturated rings. The van der Waals surface area contributed by atoms with Gasteiger partial charge in [0.05, 0.1) is 14.2 Å². The van der Waals surface area contributed by atoms with Crippen LogP contribution in [0, 0.1) is 13.8 Å². The van der Waals surface area contributed by atoms with Crippen LogP contribution in [-0.4, -0.2) is 20.8 Å². The zero-order valence-electron chi connectivity index (χ0n) is 10.8. The maximum atomic E-state index is 5.73. The number of hydrogen-bond donors (Lipinski definition) is 1. The number of benzene rings is 1. The van der Waals surface area contributed by atoms with Crippen LogP contribution in [0.15, 0.2) is 6.07 Å². The fourth-order valence-corrected chi connectivity index (χ4v) is 2.14. The van der Waals surface area contributed by atoms with E-state index in [1.807, 2.05) is 6.92 Å². The Kier molecular flexibility index (Phi) is 4.19. The molecule has 0 bridgehead atoms. The quantitative estimate of drug-likeness (QED) is 0.852. The highest BCUT2D eigenvalue weighted by atomic mass is 16.5. The highest BCUT2D eigenvalue weighted by Crippen LogP contribution is 2.40. The molecule has 0 saturated heterocycles. The number of nitrogens with two attached hydrogens (primary N) is 1. The van der Waals surface area contributed by atoms with Gasteiger partial charge in [0.2, 0.25) is 0 Å². The molecule has 2 N–H and O–H groups in total. The van der Waals surface area contributed by atoms with Gasteiger partial charge >= 0.3 is 0 Å². The lowest BCUT2D eigenvalue weighted by atomic mass is 9.93. The molecule has 90 valence electrons. The molecule has 0 aliphatic rings. The summed E-state index contributed by atoms with van der Waals surface area (Å²) < 4.78 is 10.9. The van der Waals surface area contributed by atoms with Crippen LogP contribution in [0.5, 0.6) is 11.5 Å². The minimum Gasteiger partial charge on any atom is -0.493 e. The molecule has 1 unspecified atom stereocenters. The Labute approximate surface area is 97.6 Å². The fourth-order valence-electron chi connectivity index (χ4n) is 2.14. The van der Waals surface area contributed by atoms with E-state index in [0.717, 1.165) is 22.6 Å². The number of ether oxygens (including phenoxy) is 2. The molecule has 0 aromatic heterocycles. The first-order valence-electron chi connectivity index (χ1n) is 5.48. The Balaban J connectivity index is 3.45. The molecular formula is C13H21NO2. The SMILES string of the molecule is COc1c(C)cc(C)c(C(C)CN)c1OC. The third kappa shape index (κ3) is 2.14. The molecule has 0 spiro atoms. The van der Waals surface area contributed by atoms with Crippen molar-refractivity contribution in [2.45, 2.75) is 26.7 Å². The van der Waals surface area contributed by atoms with E-state index in [2.05, 4.69) is 19.9 Å². The van der Waals surface area contributed by atoms with Crippen LogP contribution in [0.25, 0.3) is 0 Å².